The minimum absolute atomic E-state index is 0.0268. The molecule has 5 heterocycles. The maximum atomic E-state index is 13.9. The molecule has 0 spiro atoms. The largest absolute Gasteiger partial charge is 0.455 e. The first-order valence-corrected chi connectivity index (χ1v) is 23.0. The number of hydrogen-bond acceptors (Lipinski definition) is 10. The van der Waals surface area contributed by atoms with Gasteiger partial charge in [0.15, 0.2) is 0 Å². The Morgan fingerprint density at radius 3 is 2.47 bits per heavy atom. The van der Waals surface area contributed by atoms with E-state index in [0.717, 1.165) is 80.3 Å². The Morgan fingerprint density at radius 1 is 0.984 bits per heavy atom. The summed E-state index contributed by atoms with van der Waals surface area (Å²) < 4.78 is 63.5. The lowest BCUT2D eigenvalue weighted by atomic mass is 9.72. The second-order valence-electron chi connectivity index (χ2n) is 17.3. The van der Waals surface area contributed by atoms with Crippen molar-refractivity contribution in [1.82, 2.24) is 29.9 Å². The van der Waals surface area contributed by atoms with Crippen LogP contribution in [0.3, 0.4) is 0 Å². The number of H-pyrrole nitrogens is 1. The second-order valence-corrected chi connectivity index (χ2v) is 19.9. The van der Waals surface area contributed by atoms with E-state index in [-0.39, 0.29) is 39.0 Å². The number of halogens is 4. The van der Waals surface area contributed by atoms with E-state index < -0.39 is 33.8 Å². The summed E-state index contributed by atoms with van der Waals surface area (Å²) in [6, 6.07) is 18.0. The summed E-state index contributed by atoms with van der Waals surface area (Å²) in [6.45, 7) is 10.9. The highest BCUT2D eigenvalue weighted by Gasteiger charge is 2.44. The molecular formula is C45H50Cl2F2N8O4S. The van der Waals surface area contributed by atoms with Gasteiger partial charge in [-0.1, -0.05) is 61.7 Å². The number of ether oxygens (including phenoxy) is 1. The van der Waals surface area contributed by atoms with Crippen molar-refractivity contribution in [2.45, 2.75) is 63.3 Å². The Balaban J connectivity index is 1.00. The minimum atomic E-state index is -4.51. The van der Waals surface area contributed by atoms with Crippen molar-refractivity contribution >= 4 is 67.2 Å². The number of sulfonamides is 1. The first-order chi connectivity index (χ1) is 29.6. The third kappa shape index (κ3) is 9.57. The first kappa shape index (κ1) is 43.8. The SMILES string of the molecule is CC(C(F)F)[C@]1(Nc2ncc(S(=O)(=O)NC(=O)c3ccc(N4CCN(CC5=C(c6ccc(Cl)cc6)CC(C)(C)CC5)CC4)cc3Oc3cnc4[nH]ccc4c3)cc2Cl)CCNC1. The monoisotopic (exact) mass is 906 g/mol. The van der Waals surface area contributed by atoms with Crippen LogP contribution in [0.15, 0.2) is 89.7 Å². The van der Waals surface area contributed by atoms with Crippen molar-refractivity contribution in [2.75, 3.05) is 56.0 Å². The van der Waals surface area contributed by atoms with Crippen LogP contribution in [-0.2, 0) is 10.0 Å². The molecule has 62 heavy (non-hydrogen) atoms. The van der Waals surface area contributed by atoms with Crippen molar-refractivity contribution < 1.29 is 26.7 Å². The molecule has 2 aliphatic heterocycles. The number of amides is 1. The molecule has 1 aliphatic carbocycles. The van der Waals surface area contributed by atoms with Crippen LogP contribution in [0.2, 0.25) is 10.0 Å². The summed E-state index contributed by atoms with van der Waals surface area (Å²) in [4.78, 5) is 29.9. The van der Waals surface area contributed by atoms with Gasteiger partial charge in [-0.2, -0.15) is 0 Å². The fraction of sp³-hybridized carbons (Fsp3) is 0.400. The zero-order chi connectivity index (χ0) is 43.8. The Hall–Kier alpha value is -4.80. The van der Waals surface area contributed by atoms with Crippen LogP contribution in [0.25, 0.3) is 16.6 Å². The Bertz CT molecular complexity index is 2590. The molecule has 3 aromatic heterocycles. The highest BCUT2D eigenvalue weighted by atomic mass is 35.5. The highest BCUT2D eigenvalue weighted by Crippen LogP contribution is 2.44. The number of benzene rings is 2. The molecule has 2 saturated heterocycles. The predicted molar refractivity (Wildman–Crippen MR) is 240 cm³/mol. The first-order valence-electron chi connectivity index (χ1n) is 20.8. The van der Waals surface area contributed by atoms with E-state index in [1.165, 1.54) is 29.8 Å². The number of pyridine rings is 2. The number of allylic oxidation sites excluding steroid dienone is 1. The normalized spacial score (nSPS) is 20.2. The fourth-order valence-electron chi connectivity index (χ4n) is 8.67. The topological polar surface area (TPSA) is 145 Å². The molecule has 8 rings (SSSR count). The van der Waals surface area contributed by atoms with Gasteiger partial charge in [-0.15, -0.1) is 0 Å². The van der Waals surface area contributed by atoms with Gasteiger partial charge in [0, 0.05) is 79.7 Å². The van der Waals surface area contributed by atoms with Gasteiger partial charge in [-0.05, 0) is 91.2 Å². The van der Waals surface area contributed by atoms with Crippen LogP contribution < -0.4 is 25.0 Å². The third-order valence-corrected chi connectivity index (χ3v) is 14.3. The molecule has 12 nitrogen and oxygen atoms in total. The summed E-state index contributed by atoms with van der Waals surface area (Å²) in [5.41, 5.74) is 4.73. The zero-order valence-electron chi connectivity index (χ0n) is 34.8. The standard InChI is InChI=1S/C45H50Cl2F2N8O4S/c1-28(40(48)49)45(13-15-50-27-45)54-42-38(47)22-35(25-53-42)62(59,60)55-43(58)36-9-8-33(21-39(36)61-34-20-30-11-14-51-41(30)52-24-34)57-18-16-56(17-19-57)26-31-10-12-44(2,3)23-37(31)29-4-6-32(46)7-5-29/h4-9,11,14,20-22,24-25,28,40,50H,10,12-13,15-19,23,26-27H2,1-3H3,(H,51,52)(H,53,54)(H,55,58)/t28?,45-/m0/s1. The van der Waals surface area contributed by atoms with Crippen LogP contribution in [0.4, 0.5) is 20.3 Å². The van der Waals surface area contributed by atoms with Crippen LogP contribution >= 0.6 is 23.2 Å². The molecule has 1 unspecified atom stereocenters. The molecule has 2 aromatic carbocycles. The fourth-order valence-corrected chi connectivity index (χ4v) is 10.0. The third-order valence-electron chi connectivity index (χ3n) is 12.5. The van der Waals surface area contributed by atoms with E-state index in [1.54, 1.807) is 30.5 Å². The molecule has 17 heteroatoms. The van der Waals surface area contributed by atoms with Crippen molar-refractivity contribution in [3.63, 3.8) is 0 Å². The Labute approximate surface area is 370 Å². The molecule has 0 radical (unpaired) electrons. The predicted octanol–water partition coefficient (Wildman–Crippen LogP) is 9.01. The number of alkyl halides is 2. The molecule has 3 aliphatic rings. The van der Waals surface area contributed by atoms with Crippen LogP contribution in [0.5, 0.6) is 11.5 Å². The van der Waals surface area contributed by atoms with Crippen molar-refractivity contribution in [3.05, 3.63) is 106 Å². The number of piperazine rings is 1. The number of fused-ring (bicyclic) bond motifs is 1. The molecule has 4 N–H and O–H groups in total. The molecule has 1 amide bonds. The number of hydrogen-bond donors (Lipinski definition) is 4. The molecule has 5 aromatic rings. The average Bonchev–Trinajstić information content (AvgIpc) is 3.92. The lowest BCUT2D eigenvalue weighted by Crippen LogP contribution is -2.49. The van der Waals surface area contributed by atoms with E-state index in [9.17, 15) is 22.0 Å². The van der Waals surface area contributed by atoms with Crippen molar-refractivity contribution in [1.29, 1.82) is 0 Å². The Morgan fingerprint density at radius 2 is 1.76 bits per heavy atom. The maximum Gasteiger partial charge on any atom is 0.268 e. The van der Waals surface area contributed by atoms with E-state index >= 15 is 0 Å². The number of anilines is 2. The van der Waals surface area contributed by atoms with Crippen LogP contribution in [-0.4, -0.2) is 92.0 Å². The highest BCUT2D eigenvalue weighted by molar-refractivity contribution is 7.90. The molecule has 328 valence electrons. The summed E-state index contributed by atoms with van der Waals surface area (Å²) in [5, 5.41) is 7.57. The number of aromatic amines is 1. The van der Waals surface area contributed by atoms with Gasteiger partial charge in [-0.25, -0.2) is 31.9 Å². The maximum absolute atomic E-state index is 13.9. The van der Waals surface area contributed by atoms with E-state index in [0.29, 0.717) is 24.4 Å². The van der Waals surface area contributed by atoms with E-state index in [1.807, 2.05) is 18.2 Å². The van der Waals surface area contributed by atoms with Gasteiger partial charge in [-0.3, -0.25) is 9.69 Å². The average molecular weight is 908 g/mol. The van der Waals surface area contributed by atoms with Gasteiger partial charge >= 0.3 is 0 Å². The molecule has 0 saturated carbocycles. The van der Waals surface area contributed by atoms with Gasteiger partial charge in [0.25, 0.3) is 15.9 Å². The molecular weight excluding hydrogens is 858 g/mol. The summed E-state index contributed by atoms with van der Waals surface area (Å²) in [5.74, 6) is -1.43. The number of nitrogens with zero attached hydrogens (tertiary/aromatic N) is 4. The van der Waals surface area contributed by atoms with Crippen molar-refractivity contribution in [2.24, 2.45) is 11.3 Å². The minimum Gasteiger partial charge on any atom is -0.455 e. The summed E-state index contributed by atoms with van der Waals surface area (Å²) in [7, 11) is -4.51. The van der Waals surface area contributed by atoms with Gasteiger partial charge in [0.2, 0.25) is 6.43 Å². The summed E-state index contributed by atoms with van der Waals surface area (Å²) in [6.07, 6.45) is 5.30. The van der Waals surface area contributed by atoms with Crippen molar-refractivity contribution in [3.8, 4) is 11.5 Å². The Kier molecular flexibility index (Phi) is 12.6. The van der Waals surface area contributed by atoms with Gasteiger partial charge in [0.05, 0.1) is 22.3 Å². The zero-order valence-corrected chi connectivity index (χ0v) is 37.1. The molecule has 2 atom stereocenters. The number of rotatable bonds is 13. The lowest BCUT2D eigenvalue weighted by Gasteiger charge is -2.39. The van der Waals surface area contributed by atoms with Crippen LogP contribution in [0, 0.1) is 11.3 Å². The van der Waals surface area contributed by atoms with E-state index in [4.69, 9.17) is 27.9 Å². The van der Waals surface area contributed by atoms with Crippen LogP contribution in [0.1, 0.15) is 62.4 Å². The van der Waals surface area contributed by atoms with Gasteiger partial charge in [0.1, 0.15) is 27.9 Å². The van der Waals surface area contributed by atoms with E-state index in [2.05, 4.69) is 66.1 Å². The smallest absolute Gasteiger partial charge is 0.268 e. The van der Waals surface area contributed by atoms with Gasteiger partial charge < -0.3 is 25.3 Å². The number of nitrogens with one attached hydrogen (secondary N) is 4. The number of carbonyl (C=O) groups is 1. The molecule has 0 bridgehead atoms. The summed E-state index contributed by atoms with van der Waals surface area (Å²) >= 11 is 12.7. The lowest BCUT2D eigenvalue weighted by molar-refractivity contribution is 0.0528. The number of carbonyl (C=O) groups excluding carboxylic acids is 1. The number of aromatic nitrogens is 3. The molecule has 2 fully saturated rings. The quantitative estimate of drug-likeness (QED) is 0.0904. The second kappa shape index (κ2) is 17.8.